The Morgan fingerprint density at radius 1 is 1.42 bits per heavy atom. The molecule has 1 amide bonds. The van der Waals surface area contributed by atoms with E-state index in [9.17, 15) is 20.0 Å². The number of ether oxygens (including phenoxy) is 2. The zero-order valence-electron chi connectivity index (χ0n) is 10.2. The van der Waals surface area contributed by atoms with Crippen LogP contribution in [-0.4, -0.2) is 30.2 Å². The van der Waals surface area contributed by atoms with Crippen molar-refractivity contribution >= 4 is 24.0 Å². The number of nitro benzene ring substituents is 1. The van der Waals surface area contributed by atoms with Crippen molar-refractivity contribution in [2.45, 2.75) is 6.10 Å². The van der Waals surface area contributed by atoms with Gasteiger partial charge >= 0.3 is 5.69 Å². The molecule has 0 spiro atoms. The van der Waals surface area contributed by atoms with Crippen LogP contribution in [0.5, 0.6) is 11.5 Å². The molecule has 0 fully saturated rings. The maximum Gasteiger partial charge on any atom is 0.315 e. The highest BCUT2D eigenvalue weighted by molar-refractivity contribution is 5.85. The van der Waals surface area contributed by atoms with E-state index in [-0.39, 0.29) is 29.5 Å². The molecular formula is C10H13ClN2O6. The second-order valence-electron chi connectivity index (χ2n) is 3.34. The topological polar surface area (TPSA) is 125 Å². The zero-order chi connectivity index (χ0) is 13.9. The van der Waals surface area contributed by atoms with Crippen LogP contribution < -0.4 is 15.2 Å². The Kier molecular flexibility index (Phi) is 6.03. The van der Waals surface area contributed by atoms with Crippen LogP contribution in [0.2, 0.25) is 0 Å². The van der Waals surface area contributed by atoms with Crippen molar-refractivity contribution in [2.75, 3.05) is 14.2 Å². The highest BCUT2D eigenvalue weighted by Crippen LogP contribution is 2.39. The largest absolute Gasteiger partial charge is 0.493 e. The van der Waals surface area contributed by atoms with E-state index in [1.54, 1.807) is 0 Å². The number of aliphatic hydroxyl groups is 1. The Morgan fingerprint density at radius 3 is 2.37 bits per heavy atom. The number of carbonyl (C=O) groups excluding carboxylic acids is 1. The van der Waals surface area contributed by atoms with Crippen molar-refractivity contribution in [3.63, 3.8) is 0 Å². The number of amides is 1. The number of nitrogens with two attached hydrogens (primary N) is 1. The summed E-state index contributed by atoms with van der Waals surface area (Å²) in [5, 5.41) is 20.4. The molecule has 0 radical (unpaired) electrons. The Bertz CT molecular complexity index is 493. The first kappa shape index (κ1) is 16.9. The van der Waals surface area contributed by atoms with Crippen molar-refractivity contribution in [2.24, 2.45) is 5.73 Å². The second kappa shape index (κ2) is 6.76. The smallest absolute Gasteiger partial charge is 0.315 e. The van der Waals surface area contributed by atoms with Gasteiger partial charge in [-0.1, -0.05) is 0 Å². The molecule has 106 valence electrons. The lowest BCUT2D eigenvalue weighted by Crippen LogP contribution is -2.21. The summed E-state index contributed by atoms with van der Waals surface area (Å²) in [4.78, 5) is 21.0. The van der Waals surface area contributed by atoms with Gasteiger partial charge in [-0.3, -0.25) is 14.9 Å². The lowest BCUT2D eigenvalue weighted by molar-refractivity contribution is -0.385. The fourth-order valence-corrected chi connectivity index (χ4v) is 1.42. The summed E-state index contributed by atoms with van der Waals surface area (Å²) in [6, 6.07) is 2.26. The van der Waals surface area contributed by atoms with E-state index in [1.807, 2.05) is 0 Å². The number of nitrogens with zero attached hydrogens (tertiary/aromatic N) is 1. The third-order valence-electron chi connectivity index (χ3n) is 2.26. The van der Waals surface area contributed by atoms with E-state index < -0.39 is 22.6 Å². The first-order valence-electron chi connectivity index (χ1n) is 4.80. The van der Waals surface area contributed by atoms with Gasteiger partial charge in [-0.2, -0.15) is 0 Å². The SMILES string of the molecule is COc1cc(C(O)C(N)=O)cc([N+](=O)[O-])c1OC.Cl. The molecule has 1 atom stereocenters. The van der Waals surface area contributed by atoms with E-state index in [2.05, 4.69) is 0 Å². The molecule has 19 heavy (non-hydrogen) atoms. The first-order valence-corrected chi connectivity index (χ1v) is 4.80. The van der Waals surface area contributed by atoms with Crippen LogP contribution in [0.15, 0.2) is 12.1 Å². The Morgan fingerprint density at radius 2 is 2.00 bits per heavy atom. The molecular weight excluding hydrogens is 280 g/mol. The molecule has 1 rings (SSSR count). The number of aliphatic hydroxyl groups excluding tert-OH is 1. The number of methoxy groups -OCH3 is 2. The molecule has 1 unspecified atom stereocenters. The van der Waals surface area contributed by atoms with E-state index in [0.29, 0.717) is 0 Å². The first-order chi connectivity index (χ1) is 8.42. The number of benzene rings is 1. The maximum atomic E-state index is 10.9. The molecule has 0 heterocycles. The van der Waals surface area contributed by atoms with Gasteiger partial charge in [0.15, 0.2) is 11.9 Å². The lowest BCUT2D eigenvalue weighted by Gasteiger charge is -2.12. The fourth-order valence-electron chi connectivity index (χ4n) is 1.42. The second-order valence-corrected chi connectivity index (χ2v) is 3.34. The molecule has 0 bridgehead atoms. The number of nitro groups is 1. The van der Waals surface area contributed by atoms with Gasteiger partial charge in [0.05, 0.1) is 19.1 Å². The Balaban J connectivity index is 0.00000324. The van der Waals surface area contributed by atoms with Gasteiger partial charge in [0.2, 0.25) is 5.75 Å². The summed E-state index contributed by atoms with van der Waals surface area (Å²) in [7, 11) is 2.52. The van der Waals surface area contributed by atoms with E-state index in [1.165, 1.54) is 20.3 Å². The van der Waals surface area contributed by atoms with Crippen LogP contribution in [-0.2, 0) is 4.79 Å². The van der Waals surface area contributed by atoms with Crippen molar-refractivity contribution in [3.8, 4) is 11.5 Å². The number of hydrogen-bond acceptors (Lipinski definition) is 6. The minimum atomic E-state index is -1.65. The predicted molar refractivity (Wildman–Crippen MR) is 67.6 cm³/mol. The van der Waals surface area contributed by atoms with Crippen LogP contribution in [0.3, 0.4) is 0 Å². The van der Waals surface area contributed by atoms with Crippen molar-refractivity contribution in [1.29, 1.82) is 0 Å². The van der Waals surface area contributed by atoms with Crippen molar-refractivity contribution < 1.29 is 24.3 Å². The number of carbonyl (C=O) groups is 1. The summed E-state index contributed by atoms with van der Waals surface area (Å²) in [6.45, 7) is 0. The molecule has 1 aromatic carbocycles. The number of primary amides is 1. The molecule has 9 heteroatoms. The summed E-state index contributed by atoms with van der Waals surface area (Å²) >= 11 is 0. The molecule has 0 saturated heterocycles. The average Bonchev–Trinajstić information content (AvgIpc) is 2.35. The summed E-state index contributed by atoms with van der Waals surface area (Å²) < 4.78 is 9.76. The maximum absolute atomic E-state index is 10.9. The molecule has 0 saturated carbocycles. The van der Waals surface area contributed by atoms with Gasteiger partial charge < -0.3 is 20.3 Å². The standard InChI is InChI=1S/C10H12N2O6.ClH/c1-17-7-4-5(8(13)10(11)14)3-6(12(15)16)9(7)18-2;/h3-4,8,13H,1-2H3,(H2,11,14);1H. The molecule has 0 aliphatic heterocycles. The normalized spacial score (nSPS) is 11.1. The summed E-state index contributed by atoms with van der Waals surface area (Å²) in [5.74, 6) is -1.08. The molecule has 1 aromatic rings. The van der Waals surface area contributed by atoms with Crippen LogP contribution in [0, 0.1) is 10.1 Å². The van der Waals surface area contributed by atoms with Crippen LogP contribution >= 0.6 is 12.4 Å². The van der Waals surface area contributed by atoms with Gasteiger partial charge in [0.1, 0.15) is 0 Å². The third-order valence-corrected chi connectivity index (χ3v) is 2.26. The van der Waals surface area contributed by atoms with Gasteiger partial charge in [-0.25, -0.2) is 0 Å². The van der Waals surface area contributed by atoms with Gasteiger partial charge in [0, 0.05) is 11.6 Å². The van der Waals surface area contributed by atoms with Crippen LogP contribution in [0.4, 0.5) is 5.69 Å². The van der Waals surface area contributed by atoms with Crippen LogP contribution in [0.25, 0.3) is 0 Å². The monoisotopic (exact) mass is 292 g/mol. The molecule has 0 aliphatic rings. The van der Waals surface area contributed by atoms with Crippen molar-refractivity contribution in [3.05, 3.63) is 27.8 Å². The highest BCUT2D eigenvalue weighted by atomic mass is 35.5. The molecule has 0 aromatic heterocycles. The lowest BCUT2D eigenvalue weighted by atomic mass is 10.1. The average molecular weight is 293 g/mol. The van der Waals surface area contributed by atoms with Crippen LogP contribution in [0.1, 0.15) is 11.7 Å². The number of halogens is 1. The molecule has 8 nitrogen and oxygen atoms in total. The van der Waals surface area contributed by atoms with Gasteiger partial charge in [-0.05, 0) is 6.07 Å². The molecule has 0 aliphatic carbocycles. The quantitative estimate of drug-likeness (QED) is 0.603. The van der Waals surface area contributed by atoms with E-state index >= 15 is 0 Å². The zero-order valence-corrected chi connectivity index (χ0v) is 11.0. The number of hydrogen-bond donors (Lipinski definition) is 2. The summed E-state index contributed by atoms with van der Waals surface area (Å²) in [5.41, 5.74) is 4.47. The Hall–Kier alpha value is -2.06. The Labute approximate surface area is 114 Å². The molecule has 3 N–H and O–H groups in total. The van der Waals surface area contributed by atoms with Gasteiger partial charge in [-0.15, -0.1) is 12.4 Å². The highest BCUT2D eigenvalue weighted by Gasteiger charge is 2.25. The van der Waals surface area contributed by atoms with E-state index in [4.69, 9.17) is 15.2 Å². The van der Waals surface area contributed by atoms with Gasteiger partial charge in [0.25, 0.3) is 5.91 Å². The number of rotatable bonds is 5. The third kappa shape index (κ3) is 3.46. The fraction of sp³-hybridized carbons (Fsp3) is 0.300. The minimum absolute atomic E-state index is 0. The van der Waals surface area contributed by atoms with E-state index in [0.717, 1.165) is 6.07 Å². The minimum Gasteiger partial charge on any atom is -0.493 e. The predicted octanol–water partition coefficient (Wildman–Crippen LogP) is 0.552. The summed E-state index contributed by atoms with van der Waals surface area (Å²) in [6.07, 6.45) is -1.65. The van der Waals surface area contributed by atoms with Crippen molar-refractivity contribution in [1.82, 2.24) is 0 Å².